The fraction of sp³-hybridized carbons (Fsp3) is 1.00. The zero-order chi connectivity index (χ0) is 16.7. The molecule has 10 rings (SSSR count). The molecule has 25 heavy (non-hydrogen) atoms. The summed E-state index contributed by atoms with van der Waals surface area (Å²) in [6, 6.07) is 0. The Bertz CT molecular complexity index is 1020. The van der Waals surface area contributed by atoms with Gasteiger partial charge in [-0.15, -0.1) is 0 Å². The van der Waals surface area contributed by atoms with Crippen molar-refractivity contribution in [3.05, 3.63) is 0 Å². The second-order valence-electron chi connectivity index (χ2n) is 12.9. The van der Waals surface area contributed by atoms with Crippen molar-refractivity contribution in [1.29, 1.82) is 0 Å². The molecule has 1 spiro atoms. The van der Waals surface area contributed by atoms with Crippen LogP contribution in [0.25, 0.3) is 0 Å². The summed E-state index contributed by atoms with van der Waals surface area (Å²) in [5, 5.41) is 0. The van der Waals surface area contributed by atoms with E-state index in [-0.39, 0.29) is 0 Å². The molecule has 10 aliphatic rings. The molecule has 0 aliphatic carbocycles. The van der Waals surface area contributed by atoms with Gasteiger partial charge in [0.1, 0.15) is 0 Å². The van der Waals surface area contributed by atoms with Gasteiger partial charge in [-0.05, 0) is 0 Å². The fourth-order valence-electron chi connectivity index (χ4n) is 18.1. The van der Waals surface area contributed by atoms with Gasteiger partial charge >= 0.3 is 147 Å². The van der Waals surface area contributed by atoms with Crippen LogP contribution in [0.3, 0.4) is 0 Å². The van der Waals surface area contributed by atoms with Crippen LogP contribution >= 0.6 is 15.8 Å². The molecule has 0 amide bonds. The van der Waals surface area contributed by atoms with E-state index in [0.717, 1.165) is 0 Å². The number of hydrogen-bond donors (Lipinski definition) is 0. The summed E-state index contributed by atoms with van der Waals surface area (Å²) in [7, 11) is 0.860. The van der Waals surface area contributed by atoms with E-state index in [4.69, 9.17) is 0 Å². The first-order valence-corrected chi connectivity index (χ1v) is 20.5. The van der Waals surface area contributed by atoms with Crippen molar-refractivity contribution in [2.24, 2.45) is 0 Å². The van der Waals surface area contributed by atoms with E-state index in [9.17, 15) is 0 Å². The quantitative estimate of drug-likeness (QED) is 0.250. The molecular weight excluding hydrogens is 385 g/mol. The van der Waals surface area contributed by atoms with E-state index >= 15 is 0 Å². The second kappa shape index (κ2) is 1.62. The molecule has 10 aliphatic heterocycles. The van der Waals surface area contributed by atoms with Crippen molar-refractivity contribution < 1.29 is 6.23 Å². The van der Waals surface area contributed by atoms with E-state index in [1.165, 1.54) is 73.0 Å². The van der Waals surface area contributed by atoms with Crippen LogP contribution in [0.15, 0.2) is 0 Å². The van der Waals surface area contributed by atoms with Crippen LogP contribution in [0.4, 0.5) is 0 Å². The Hall–Kier alpha value is 1.35. The van der Waals surface area contributed by atoms with Crippen LogP contribution in [0, 0.1) is 0 Å². The number of rotatable bonds is 10. The molecule has 0 nitrogen and oxygen atoms in total. The minimum absolute atomic E-state index is 0.430. The first-order valence-electron chi connectivity index (χ1n) is 11.5. The summed E-state index contributed by atoms with van der Waals surface area (Å²) in [6.45, 7) is 10.1. The van der Waals surface area contributed by atoms with E-state index in [1.807, 2.05) is 0 Å². The molecule has 0 aromatic heterocycles. The predicted octanol–water partition coefficient (Wildman–Crippen LogP) is 7.79. The first-order chi connectivity index (χ1) is 12.0. The van der Waals surface area contributed by atoms with Gasteiger partial charge in [0.2, 0.25) is 0 Å². The molecule has 3 heteroatoms. The monoisotopic (exact) mass is 420 g/mol. The van der Waals surface area contributed by atoms with E-state index in [2.05, 4.69) is 27.7 Å². The molecular formula is C22H36NiP2. The van der Waals surface area contributed by atoms with Gasteiger partial charge in [0.05, 0.1) is 0 Å². The van der Waals surface area contributed by atoms with Crippen molar-refractivity contribution in [3.8, 4) is 0 Å². The van der Waals surface area contributed by atoms with Gasteiger partial charge in [0.15, 0.2) is 0 Å². The Morgan fingerprint density at radius 3 is 1.08 bits per heavy atom. The topological polar surface area (TPSA) is 0 Å². The standard InChI is InChI=1S/C17H31P2.C5H5.Ni/c1-5-12-18(13-6-2)16-10-9-11-17(16)19(14-7-3)15-8-4;1-2-4-5-3-1;/h9-11H,5-8,12-15H2,1-4H3;1-5H;. The summed E-state index contributed by atoms with van der Waals surface area (Å²) < 4.78 is 2.43. The predicted molar refractivity (Wildman–Crippen MR) is 110 cm³/mol. The van der Waals surface area contributed by atoms with Crippen molar-refractivity contribution in [2.45, 2.75) is 101 Å². The van der Waals surface area contributed by atoms with E-state index < -0.39 is 6.23 Å². The molecule has 0 aromatic rings. The average molecular weight is 421 g/mol. The van der Waals surface area contributed by atoms with Gasteiger partial charge in [0, 0.05) is 0 Å². The summed E-state index contributed by atoms with van der Waals surface area (Å²) in [4.78, 5) is 12.2. The van der Waals surface area contributed by atoms with Crippen LogP contribution in [-0.2, 0) is 6.23 Å². The third-order valence-electron chi connectivity index (χ3n) is 16.2. The summed E-state index contributed by atoms with van der Waals surface area (Å²) >= 11 is 0. The molecule has 10 heterocycles. The van der Waals surface area contributed by atoms with Crippen molar-refractivity contribution in [3.63, 3.8) is 0 Å². The number of hydrogen-bond acceptors (Lipinski definition) is 0. The molecule has 0 saturated carbocycles. The van der Waals surface area contributed by atoms with Gasteiger partial charge < -0.3 is 0 Å². The molecule has 0 bridgehead atoms. The van der Waals surface area contributed by atoms with E-state index in [1.54, 1.807) is 24.6 Å². The zero-order valence-corrected chi connectivity index (χ0v) is 19.3. The maximum atomic E-state index is 2.53. The summed E-state index contributed by atoms with van der Waals surface area (Å²) in [5.41, 5.74) is 0. The summed E-state index contributed by atoms with van der Waals surface area (Å²) in [5.74, 6) is 0. The Labute approximate surface area is 147 Å². The van der Waals surface area contributed by atoms with E-state index in [0.29, 0.717) is 15.8 Å². The van der Waals surface area contributed by atoms with Crippen molar-refractivity contribution in [1.82, 2.24) is 0 Å². The van der Waals surface area contributed by atoms with Crippen LogP contribution in [-0.4, -0.2) is 32.9 Å². The zero-order valence-electron chi connectivity index (χ0n) is 16.5. The van der Waals surface area contributed by atoms with Crippen LogP contribution < -0.4 is 0 Å². The van der Waals surface area contributed by atoms with Crippen molar-refractivity contribution in [2.75, 3.05) is 24.6 Å². The summed E-state index contributed by atoms with van der Waals surface area (Å²) in [6.07, 6.45) is 10.0. The van der Waals surface area contributed by atoms with Crippen LogP contribution in [0.2, 0.25) is 39.1 Å². The Balaban J connectivity index is 1.32. The molecule has 0 radical (unpaired) electrons. The van der Waals surface area contributed by atoms with Gasteiger partial charge in [0.25, 0.3) is 0 Å². The van der Waals surface area contributed by atoms with Crippen molar-refractivity contribution >= 4 is 15.8 Å². The van der Waals surface area contributed by atoms with Gasteiger partial charge in [-0.2, -0.15) is 0 Å². The van der Waals surface area contributed by atoms with Crippen LogP contribution in [0.5, 0.6) is 0 Å². The molecule has 10 fully saturated rings. The molecule has 10 saturated heterocycles. The Morgan fingerprint density at radius 2 is 0.880 bits per heavy atom. The minimum atomic E-state index is -2.88. The third-order valence-corrected chi connectivity index (χ3v) is 69.3. The van der Waals surface area contributed by atoms with Gasteiger partial charge in [-0.25, -0.2) is 0 Å². The number of fused-ring (bicyclic) bond motifs is 10. The SMILES string of the molecule is CCCP(CCC)[C]12[CH]3[CH]4[CH]5[C]1(P(CCC)CCC)[Ni]43521678[CH]2[CH]1[CH]6[CH]7[CH]28. The molecule has 144 valence electrons. The molecule has 4 unspecified atom stereocenters. The van der Waals surface area contributed by atoms with Crippen LogP contribution in [0.1, 0.15) is 53.4 Å². The first kappa shape index (κ1) is 13.6. The Kier molecular flexibility index (Phi) is 0.878. The average Bonchev–Trinajstić information content (AvgIpc) is 3.54. The molecule has 4 atom stereocenters. The Morgan fingerprint density at radius 1 is 0.560 bits per heavy atom. The third kappa shape index (κ3) is 0.217. The van der Waals surface area contributed by atoms with Gasteiger partial charge in [-0.1, -0.05) is 0 Å². The van der Waals surface area contributed by atoms with Gasteiger partial charge in [-0.3, -0.25) is 0 Å². The maximum absolute atomic E-state index is 2.88. The fourth-order valence-corrected chi connectivity index (χ4v) is 114. The normalized spacial score (nSPS) is 88.4. The molecule has 0 N–H and O–H groups in total. The second-order valence-corrected chi connectivity index (χ2v) is 39.7. The molecule has 0 aromatic carbocycles.